The molecule has 14 heavy (non-hydrogen) atoms. The van der Waals surface area contributed by atoms with Crippen molar-refractivity contribution in [3.05, 3.63) is 0 Å². The second-order valence-corrected chi connectivity index (χ2v) is 5.37. The van der Waals surface area contributed by atoms with Crippen molar-refractivity contribution in [2.45, 2.75) is 0 Å². The molecule has 0 spiro atoms. The van der Waals surface area contributed by atoms with Crippen LogP contribution in [0.1, 0.15) is 0 Å². The Bertz CT molecular complexity index is 238. The van der Waals surface area contributed by atoms with Gasteiger partial charge in [-0.05, 0) is 0 Å². The van der Waals surface area contributed by atoms with Crippen LogP contribution in [0.15, 0.2) is 0 Å². The van der Waals surface area contributed by atoms with Gasteiger partial charge in [-0.2, -0.15) is 11.8 Å². The molecule has 6 heteroatoms. The molecule has 4 nitrogen and oxygen atoms in total. The second kappa shape index (κ2) is 4.55. The van der Waals surface area contributed by atoms with Crippen LogP contribution in [-0.4, -0.2) is 57.9 Å². The van der Waals surface area contributed by atoms with Gasteiger partial charge in [0.1, 0.15) is 0 Å². The van der Waals surface area contributed by atoms with Crippen LogP contribution in [0.5, 0.6) is 0 Å². The van der Waals surface area contributed by atoms with Gasteiger partial charge in [-0.25, -0.2) is 10.0 Å². The summed E-state index contributed by atoms with van der Waals surface area (Å²) in [6.45, 7) is 1.62. The van der Waals surface area contributed by atoms with Crippen LogP contribution in [0.25, 0.3) is 0 Å². The maximum absolute atomic E-state index is 11.5. The second-order valence-electron chi connectivity index (χ2n) is 3.16. The maximum Gasteiger partial charge on any atom is 0.253 e. The summed E-state index contributed by atoms with van der Waals surface area (Å²) in [6, 6.07) is 0. The van der Waals surface area contributed by atoms with E-state index in [4.69, 9.17) is 0 Å². The van der Waals surface area contributed by atoms with Gasteiger partial charge in [0.2, 0.25) is 0 Å². The van der Waals surface area contributed by atoms with Crippen LogP contribution in [0.4, 0.5) is 0 Å². The molecular formula is C8H12N2O2S2. The van der Waals surface area contributed by atoms with Gasteiger partial charge in [-0.15, -0.1) is 11.8 Å². The van der Waals surface area contributed by atoms with Crippen LogP contribution < -0.4 is 0 Å². The van der Waals surface area contributed by atoms with Gasteiger partial charge in [-0.1, -0.05) is 0 Å². The number of hydrogen-bond acceptors (Lipinski definition) is 5. The summed E-state index contributed by atoms with van der Waals surface area (Å²) in [5, 5.41) is 3.25. The van der Waals surface area contributed by atoms with Crippen molar-refractivity contribution in [1.29, 1.82) is 0 Å². The average Bonchev–Trinajstić information content (AvgIpc) is 2.19. The SMILES string of the molecule is O=C1CSCC(=O)N1N1CCSCC1. The summed E-state index contributed by atoms with van der Waals surface area (Å²) in [5.74, 6) is 2.77. The number of nitrogens with zero attached hydrogens (tertiary/aromatic N) is 2. The van der Waals surface area contributed by atoms with Crippen molar-refractivity contribution < 1.29 is 9.59 Å². The van der Waals surface area contributed by atoms with Crippen LogP contribution in [0, 0.1) is 0 Å². The van der Waals surface area contributed by atoms with Crippen LogP contribution in [0.3, 0.4) is 0 Å². The minimum atomic E-state index is -0.0573. The highest BCUT2D eigenvalue weighted by molar-refractivity contribution is 8.00. The van der Waals surface area contributed by atoms with Crippen molar-refractivity contribution in [3.8, 4) is 0 Å². The number of hydrazine groups is 1. The summed E-state index contributed by atoms with van der Waals surface area (Å²) < 4.78 is 0. The van der Waals surface area contributed by atoms with Crippen LogP contribution in [0.2, 0.25) is 0 Å². The summed E-state index contributed by atoms with van der Waals surface area (Å²) in [5.41, 5.74) is 0. The molecule has 0 radical (unpaired) electrons. The van der Waals surface area contributed by atoms with Gasteiger partial charge in [0.05, 0.1) is 11.5 Å². The highest BCUT2D eigenvalue weighted by atomic mass is 32.2. The number of amides is 2. The monoisotopic (exact) mass is 232 g/mol. The van der Waals surface area contributed by atoms with E-state index >= 15 is 0 Å². The summed E-state index contributed by atoms with van der Waals surface area (Å²) in [6.07, 6.45) is 0. The fourth-order valence-electron chi connectivity index (χ4n) is 1.56. The van der Waals surface area contributed by atoms with Gasteiger partial charge < -0.3 is 0 Å². The molecular weight excluding hydrogens is 220 g/mol. The lowest BCUT2D eigenvalue weighted by Crippen LogP contribution is -2.56. The van der Waals surface area contributed by atoms with Gasteiger partial charge >= 0.3 is 0 Å². The molecule has 2 amide bonds. The molecule has 0 bridgehead atoms. The van der Waals surface area contributed by atoms with Gasteiger partial charge in [0.15, 0.2) is 0 Å². The first kappa shape index (κ1) is 10.3. The fourth-order valence-corrected chi connectivity index (χ4v) is 3.14. The van der Waals surface area contributed by atoms with Crippen LogP contribution >= 0.6 is 23.5 Å². The summed E-state index contributed by atoms with van der Waals surface area (Å²) in [7, 11) is 0. The molecule has 0 atom stereocenters. The van der Waals surface area contributed by atoms with Crippen molar-refractivity contribution in [1.82, 2.24) is 10.0 Å². The van der Waals surface area contributed by atoms with E-state index in [0.29, 0.717) is 11.5 Å². The standard InChI is InChI=1S/C8H12N2O2S2/c11-7-5-14-6-8(12)10(7)9-1-3-13-4-2-9/h1-6H2. The quantitative estimate of drug-likeness (QED) is 0.598. The third-order valence-electron chi connectivity index (χ3n) is 2.19. The average molecular weight is 232 g/mol. The van der Waals surface area contributed by atoms with E-state index in [1.54, 1.807) is 0 Å². The fraction of sp³-hybridized carbons (Fsp3) is 0.750. The normalized spacial score (nSPS) is 25.6. The van der Waals surface area contributed by atoms with Crippen LogP contribution in [-0.2, 0) is 9.59 Å². The predicted octanol–water partition coefficient (Wildman–Crippen LogP) is 0.0522. The molecule has 2 heterocycles. The zero-order valence-electron chi connectivity index (χ0n) is 7.77. The molecule has 2 fully saturated rings. The zero-order valence-corrected chi connectivity index (χ0v) is 9.40. The molecule has 0 aliphatic carbocycles. The molecule has 0 aromatic carbocycles. The van der Waals surface area contributed by atoms with E-state index in [1.807, 2.05) is 16.8 Å². The number of rotatable bonds is 1. The lowest BCUT2D eigenvalue weighted by Gasteiger charge is -2.37. The molecule has 0 unspecified atom stereocenters. The Morgan fingerprint density at radius 3 is 2.07 bits per heavy atom. The lowest BCUT2D eigenvalue weighted by atomic mass is 10.5. The van der Waals surface area contributed by atoms with E-state index < -0.39 is 0 Å². The van der Waals surface area contributed by atoms with Crippen molar-refractivity contribution in [2.24, 2.45) is 0 Å². The van der Waals surface area contributed by atoms with E-state index in [0.717, 1.165) is 24.6 Å². The molecule has 2 aliphatic heterocycles. The van der Waals surface area contributed by atoms with Gasteiger partial charge in [-0.3, -0.25) is 9.59 Å². The molecule has 0 N–H and O–H groups in total. The molecule has 78 valence electrons. The zero-order chi connectivity index (χ0) is 9.97. The number of hydrogen-bond donors (Lipinski definition) is 0. The Morgan fingerprint density at radius 2 is 1.50 bits per heavy atom. The van der Waals surface area contributed by atoms with Crippen molar-refractivity contribution in [2.75, 3.05) is 36.1 Å². The number of carbonyl (C=O) groups excluding carboxylic acids is 2. The summed E-state index contributed by atoms with van der Waals surface area (Å²) in [4.78, 5) is 23.1. The largest absolute Gasteiger partial charge is 0.272 e. The molecule has 0 aromatic heterocycles. The summed E-state index contributed by atoms with van der Waals surface area (Å²) >= 11 is 3.28. The molecule has 0 aromatic rings. The van der Waals surface area contributed by atoms with Gasteiger partial charge in [0.25, 0.3) is 11.8 Å². The topological polar surface area (TPSA) is 40.6 Å². The van der Waals surface area contributed by atoms with Crippen molar-refractivity contribution in [3.63, 3.8) is 0 Å². The van der Waals surface area contributed by atoms with Crippen molar-refractivity contribution >= 4 is 35.3 Å². The smallest absolute Gasteiger partial charge is 0.253 e. The number of imide groups is 1. The first-order chi connectivity index (χ1) is 6.79. The number of carbonyl (C=O) groups is 2. The Morgan fingerprint density at radius 1 is 0.929 bits per heavy atom. The Labute approximate surface area is 91.3 Å². The third-order valence-corrected chi connectivity index (χ3v) is 4.04. The first-order valence-electron chi connectivity index (χ1n) is 4.55. The highest BCUT2D eigenvalue weighted by Crippen LogP contribution is 2.18. The van der Waals surface area contributed by atoms with E-state index in [9.17, 15) is 9.59 Å². The lowest BCUT2D eigenvalue weighted by molar-refractivity contribution is -0.160. The maximum atomic E-state index is 11.5. The Hall–Kier alpha value is -0.200. The van der Waals surface area contributed by atoms with E-state index in [1.165, 1.54) is 16.8 Å². The molecule has 2 aliphatic rings. The minimum absolute atomic E-state index is 0.0573. The first-order valence-corrected chi connectivity index (χ1v) is 6.86. The highest BCUT2D eigenvalue weighted by Gasteiger charge is 2.32. The predicted molar refractivity (Wildman–Crippen MR) is 58.1 cm³/mol. The van der Waals surface area contributed by atoms with E-state index in [-0.39, 0.29) is 11.8 Å². The molecule has 0 saturated carbocycles. The molecule has 2 saturated heterocycles. The Kier molecular flexibility index (Phi) is 3.35. The third kappa shape index (κ3) is 2.07. The Balaban J connectivity index is 2.05. The minimum Gasteiger partial charge on any atom is -0.272 e. The number of thioether (sulfide) groups is 2. The van der Waals surface area contributed by atoms with Gasteiger partial charge in [0, 0.05) is 24.6 Å². The van der Waals surface area contributed by atoms with E-state index in [2.05, 4.69) is 0 Å². The molecule has 2 rings (SSSR count).